The zero-order valence-electron chi connectivity index (χ0n) is 10.2. The minimum absolute atomic E-state index is 0.0428. The van der Waals surface area contributed by atoms with Crippen molar-refractivity contribution in [2.45, 2.75) is 19.9 Å². The lowest BCUT2D eigenvalue weighted by Crippen LogP contribution is -2.40. The molecule has 0 spiro atoms. The van der Waals surface area contributed by atoms with Crippen LogP contribution in [-0.2, 0) is 11.8 Å². The van der Waals surface area contributed by atoms with Crippen LogP contribution in [-0.4, -0.2) is 34.2 Å². The SMILES string of the molecule is CC(C)NC(=O)CNC(=O)c1c(N)cnn1C. The number of amides is 2. The van der Waals surface area contributed by atoms with Gasteiger partial charge in [0.25, 0.3) is 5.91 Å². The standard InChI is InChI=1S/C10H17N5O2/c1-6(2)14-8(16)5-12-10(17)9-7(11)4-13-15(9)3/h4,6H,5,11H2,1-3H3,(H,12,17)(H,14,16). The Morgan fingerprint density at radius 1 is 1.53 bits per heavy atom. The van der Waals surface area contributed by atoms with E-state index in [9.17, 15) is 9.59 Å². The average Bonchev–Trinajstić information content (AvgIpc) is 2.54. The van der Waals surface area contributed by atoms with Gasteiger partial charge in [-0.15, -0.1) is 0 Å². The molecule has 1 rings (SSSR count). The number of nitrogens with two attached hydrogens (primary N) is 1. The number of nitrogens with one attached hydrogen (secondary N) is 2. The van der Waals surface area contributed by atoms with E-state index in [0.717, 1.165) is 0 Å². The molecule has 1 heterocycles. The van der Waals surface area contributed by atoms with Gasteiger partial charge in [-0.05, 0) is 13.8 Å². The third-order valence-corrected chi connectivity index (χ3v) is 2.04. The molecule has 0 aromatic carbocycles. The number of nitrogen functional groups attached to an aromatic ring is 1. The number of carbonyl (C=O) groups is 2. The summed E-state index contributed by atoms with van der Waals surface area (Å²) in [6.07, 6.45) is 1.39. The summed E-state index contributed by atoms with van der Waals surface area (Å²) in [5, 5.41) is 8.99. The van der Waals surface area contributed by atoms with Crippen molar-refractivity contribution in [2.24, 2.45) is 7.05 Å². The second-order valence-electron chi connectivity index (χ2n) is 3.98. The van der Waals surface area contributed by atoms with E-state index in [4.69, 9.17) is 5.73 Å². The molecule has 94 valence electrons. The van der Waals surface area contributed by atoms with Crippen molar-refractivity contribution in [2.75, 3.05) is 12.3 Å². The number of aromatic nitrogens is 2. The maximum atomic E-state index is 11.7. The molecule has 0 fully saturated rings. The van der Waals surface area contributed by atoms with Gasteiger partial charge in [-0.25, -0.2) is 0 Å². The molecule has 0 bridgehead atoms. The summed E-state index contributed by atoms with van der Waals surface area (Å²) in [4.78, 5) is 23.0. The topological polar surface area (TPSA) is 102 Å². The highest BCUT2D eigenvalue weighted by Gasteiger charge is 2.15. The van der Waals surface area contributed by atoms with Crippen molar-refractivity contribution in [3.63, 3.8) is 0 Å². The van der Waals surface area contributed by atoms with Gasteiger partial charge in [0.2, 0.25) is 5.91 Å². The van der Waals surface area contributed by atoms with Gasteiger partial charge in [0.1, 0.15) is 5.69 Å². The molecular formula is C10H17N5O2. The number of anilines is 1. The number of hydrogen-bond acceptors (Lipinski definition) is 4. The lowest BCUT2D eigenvalue weighted by molar-refractivity contribution is -0.120. The average molecular weight is 239 g/mol. The Morgan fingerprint density at radius 2 is 2.18 bits per heavy atom. The maximum Gasteiger partial charge on any atom is 0.272 e. The van der Waals surface area contributed by atoms with E-state index in [1.807, 2.05) is 13.8 Å². The zero-order valence-corrected chi connectivity index (χ0v) is 10.2. The van der Waals surface area contributed by atoms with Crippen molar-refractivity contribution >= 4 is 17.5 Å². The summed E-state index contributed by atoms with van der Waals surface area (Å²) in [5.74, 6) is -0.657. The van der Waals surface area contributed by atoms with Crippen LogP contribution in [0.2, 0.25) is 0 Å². The summed E-state index contributed by atoms with van der Waals surface area (Å²) >= 11 is 0. The predicted molar refractivity (Wildman–Crippen MR) is 63.2 cm³/mol. The van der Waals surface area contributed by atoms with E-state index < -0.39 is 5.91 Å². The van der Waals surface area contributed by atoms with E-state index in [1.165, 1.54) is 10.9 Å². The Labute approximate surface area is 99.4 Å². The van der Waals surface area contributed by atoms with Crippen LogP contribution in [0.5, 0.6) is 0 Å². The largest absolute Gasteiger partial charge is 0.396 e. The van der Waals surface area contributed by atoms with Crippen LogP contribution in [0.25, 0.3) is 0 Å². The Kier molecular flexibility index (Phi) is 4.08. The van der Waals surface area contributed by atoms with Crippen LogP contribution in [0.4, 0.5) is 5.69 Å². The monoisotopic (exact) mass is 239 g/mol. The van der Waals surface area contributed by atoms with E-state index >= 15 is 0 Å². The first-order chi connectivity index (χ1) is 7.91. The molecule has 0 saturated carbocycles. The highest BCUT2D eigenvalue weighted by atomic mass is 16.2. The Morgan fingerprint density at radius 3 is 2.65 bits per heavy atom. The first kappa shape index (κ1) is 13.0. The zero-order chi connectivity index (χ0) is 13.0. The molecule has 17 heavy (non-hydrogen) atoms. The highest BCUT2D eigenvalue weighted by Crippen LogP contribution is 2.08. The predicted octanol–water partition coefficient (Wildman–Crippen LogP) is -0.743. The molecule has 0 radical (unpaired) electrons. The Hall–Kier alpha value is -2.05. The van der Waals surface area contributed by atoms with Crippen LogP contribution in [0, 0.1) is 0 Å². The molecule has 1 aromatic rings. The minimum Gasteiger partial charge on any atom is -0.396 e. The number of hydrogen-bond donors (Lipinski definition) is 3. The summed E-state index contributed by atoms with van der Waals surface area (Å²) in [6, 6.07) is 0.0428. The molecule has 2 amide bonds. The van der Waals surface area contributed by atoms with Gasteiger partial charge in [-0.2, -0.15) is 5.10 Å². The summed E-state index contributed by atoms with van der Waals surface area (Å²) < 4.78 is 1.37. The lowest BCUT2D eigenvalue weighted by Gasteiger charge is -2.09. The van der Waals surface area contributed by atoms with Crippen molar-refractivity contribution in [3.8, 4) is 0 Å². The van der Waals surface area contributed by atoms with Gasteiger partial charge in [0.05, 0.1) is 18.4 Å². The molecule has 0 aliphatic heterocycles. The molecule has 7 nitrogen and oxygen atoms in total. The molecule has 4 N–H and O–H groups in total. The highest BCUT2D eigenvalue weighted by molar-refractivity contribution is 5.99. The molecule has 0 aliphatic rings. The van der Waals surface area contributed by atoms with E-state index in [2.05, 4.69) is 15.7 Å². The van der Waals surface area contributed by atoms with Crippen molar-refractivity contribution in [3.05, 3.63) is 11.9 Å². The van der Waals surface area contributed by atoms with Crippen LogP contribution in [0.1, 0.15) is 24.3 Å². The van der Waals surface area contributed by atoms with Gasteiger partial charge < -0.3 is 16.4 Å². The Balaban J connectivity index is 2.54. The van der Waals surface area contributed by atoms with E-state index in [0.29, 0.717) is 0 Å². The molecular weight excluding hydrogens is 222 g/mol. The van der Waals surface area contributed by atoms with Crippen molar-refractivity contribution in [1.29, 1.82) is 0 Å². The van der Waals surface area contributed by atoms with Gasteiger partial charge >= 0.3 is 0 Å². The first-order valence-corrected chi connectivity index (χ1v) is 5.27. The fourth-order valence-corrected chi connectivity index (χ4v) is 1.35. The van der Waals surface area contributed by atoms with Gasteiger partial charge in [-0.1, -0.05) is 0 Å². The van der Waals surface area contributed by atoms with E-state index in [1.54, 1.807) is 7.05 Å². The van der Waals surface area contributed by atoms with Crippen LogP contribution >= 0.6 is 0 Å². The number of rotatable bonds is 4. The van der Waals surface area contributed by atoms with Crippen LogP contribution < -0.4 is 16.4 Å². The normalized spacial score (nSPS) is 10.4. The smallest absolute Gasteiger partial charge is 0.272 e. The van der Waals surface area contributed by atoms with Crippen molar-refractivity contribution < 1.29 is 9.59 Å². The molecule has 7 heteroatoms. The number of nitrogens with zero attached hydrogens (tertiary/aromatic N) is 2. The van der Waals surface area contributed by atoms with Gasteiger partial charge in [-0.3, -0.25) is 14.3 Å². The molecule has 0 saturated heterocycles. The third kappa shape index (κ3) is 3.47. The number of carbonyl (C=O) groups excluding carboxylic acids is 2. The Bertz CT molecular complexity index is 405. The van der Waals surface area contributed by atoms with Crippen molar-refractivity contribution in [1.82, 2.24) is 20.4 Å². The lowest BCUT2D eigenvalue weighted by atomic mass is 10.3. The first-order valence-electron chi connectivity index (χ1n) is 5.27. The summed E-state index contributed by atoms with van der Waals surface area (Å²) in [6.45, 7) is 3.61. The minimum atomic E-state index is -0.415. The van der Waals surface area contributed by atoms with Gasteiger partial charge in [0.15, 0.2) is 0 Å². The fourth-order valence-electron chi connectivity index (χ4n) is 1.35. The fraction of sp³-hybridized carbons (Fsp3) is 0.500. The number of aryl methyl sites for hydroxylation is 1. The van der Waals surface area contributed by atoms with E-state index in [-0.39, 0.29) is 29.9 Å². The molecule has 0 aliphatic carbocycles. The van der Waals surface area contributed by atoms with Crippen LogP contribution in [0.15, 0.2) is 6.20 Å². The van der Waals surface area contributed by atoms with Crippen LogP contribution in [0.3, 0.4) is 0 Å². The summed E-state index contributed by atoms with van der Waals surface area (Å²) in [7, 11) is 1.61. The molecule has 0 atom stereocenters. The second-order valence-corrected chi connectivity index (χ2v) is 3.98. The van der Waals surface area contributed by atoms with Gasteiger partial charge in [0, 0.05) is 13.1 Å². The molecule has 0 unspecified atom stereocenters. The quantitative estimate of drug-likeness (QED) is 0.643. The summed E-state index contributed by atoms with van der Waals surface area (Å²) in [5.41, 5.74) is 6.12. The third-order valence-electron chi connectivity index (χ3n) is 2.04. The molecule has 1 aromatic heterocycles. The maximum absolute atomic E-state index is 11.7. The second kappa shape index (κ2) is 5.33.